The van der Waals surface area contributed by atoms with Crippen LogP contribution in [0.1, 0.15) is 18.2 Å². The second-order valence-electron chi connectivity index (χ2n) is 5.23. The van der Waals surface area contributed by atoms with Crippen molar-refractivity contribution in [3.63, 3.8) is 0 Å². The Morgan fingerprint density at radius 1 is 1.28 bits per heavy atom. The Hall–Kier alpha value is -3.00. The van der Waals surface area contributed by atoms with Crippen LogP contribution in [0.25, 0.3) is 11.3 Å². The van der Waals surface area contributed by atoms with Gasteiger partial charge in [-0.05, 0) is 19.9 Å². The molecule has 0 aliphatic carbocycles. The number of thiazole rings is 1. The number of hydrogen-bond donors (Lipinski definition) is 0. The summed E-state index contributed by atoms with van der Waals surface area (Å²) in [4.78, 5) is 15.3. The molecule has 0 radical (unpaired) electrons. The highest BCUT2D eigenvalue weighted by Gasteiger charge is 2.11. The van der Waals surface area contributed by atoms with Crippen LogP contribution in [0.4, 0.5) is 5.88 Å². The monoisotopic (exact) mass is 356 g/mol. The predicted molar refractivity (Wildman–Crippen MR) is 96.9 cm³/mol. The zero-order chi connectivity index (χ0) is 17.8. The third-order valence-electron chi connectivity index (χ3n) is 3.42. The van der Waals surface area contributed by atoms with E-state index in [9.17, 15) is 10.1 Å². The van der Waals surface area contributed by atoms with E-state index in [0.717, 1.165) is 16.1 Å². The topological polar surface area (TPSA) is 85.9 Å². The van der Waals surface area contributed by atoms with E-state index in [-0.39, 0.29) is 5.88 Å². The number of nitrogens with zero attached hydrogens (tertiary/aromatic N) is 4. The molecule has 0 aliphatic rings. The van der Waals surface area contributed by atoms with Gasteiger partial charge in [0.1, 0.15) is 4.92 Å². The van der Waals surface area contributed by atoms with Gasteiger partial charge in [-0.3, -0.25) is 15.1 Å². The second-order valence-corrected chi connectivity index (χ2v) is 6.07. The zero-order valence-electron chi connectivity index (χ0n) is 13.7. The van der Waals surface area contributed by atoms with Crippen LogP contribution in [0.5, 0.6) is 0 Å². The van der Waals surface area contributed by atoms with Gasteiger partial charge in [0.05, 0.1) is 18.0 Å². The Bertz CT molecular complexity index is 980. The number of aryl methyl sites for hydroxylation is 1. The molecule has 0 bridgehead atoms. The zero-order valence-corrected chi connectivity index (χ0v) is 14.6. The summed E-state index contributed by atoms with van der Waals surface area (Å²) in [5, 5.41) is 17.1. The molecular weight excluding hydrogens is 340 g/mol. The summed E-state index contributed by atoms with van der Waals surface area (Å²) >= 11 is 1.49. The van der Waals surface area contributed by atoms with E-state index in [1.165, 1.54) is 35.2 Å². The lowest BCUT2D eigenvalue weighted by Gasteiger charge is -2.03. The lowest BCUT2D eigenvalue weighted by Crippen LogP contribution is -2.12. The SMILES string of the molecule is CCN=c1scc(-c2ccc(C)cc2)n1N=Cc1ccc([N+](=O)[O-])o1. The summed E-state index contributed by atoms with van der Waals surface area (Å²) in [5.41, 5.74) is 3.09. The summed E-state index contributed by atoms with van der Waals surface area (Å²) in [6.07, 6.45) is 1.45. The minimum absolute atomic E-state index is 0.308. The molecule has 2 aromatic heterocycles. The maximum absolute atomic E-state index is 10.7. The van der Waals surface area contributed by atoms with Crippen LogP contribution in [-0.2, 0) is 0 Å². The minimum atomic E-state index is -0.579. The Morgan fingerprint density at radius 2 is 2.04 bits per heavy atom. The van der Waals surface area contributed by atoms with Crippen molar-refractivity contribution in [1.82, 2.24) is 4.68 Å². The molecule has 7 nitrogen and oxygen atoms in total. The molecular formula is C17H16N4O3S. The van der Waals surface area contributed by atoms with Crippen molar-refractivity contribution in [1.29, 1.82) is 0 Å². The molecule has 3 aromatic rings. The molecule has 0 spiro atoms. The van der Waals surface area contributed by atoms with E-state index in [1.54, 1.807) is 4.68 Å². The lowest BCUT2D eigenvalue weighted by atomic mass is 10.1. The second kappa shape index (κ2) is 7.27. The van der Waals surface area contributed by atoms with Gasteiger partial charge >= 0.3 is 5.88 Å². The van der Waals surface area contributed by atoms with Crippen molar-refractivity contribution in [3.05, 3.63) is 68.0 Å². The molecule has 0 N–H and O–H groups in total. The molecule has 0 saturated heterocycles. The van der Waals surface area contributed by atoms with E-state index >= 15 is 0 Å². The molecule has 0 aliphatic heterocycles. The molecule has 0 amide bonds. The fourth-order valence-corrected chi connectivity index (χ4v) is 3.10. The number of benzene rings is 1. The molecule has 0 atom stereocenters. The first-order valence-corrected chi connectivity index (χ1v) is 8.53. The van der Waals surface area contributed by atoms with E-state index in [0.29, 0.717) is 12.3 Å². The van der Waals surface area contributed by atoms with E-state index in [1.807, 2.05) is 43.5 Å². The van der Waals surface area contributed by atoms with Gasteiger partial charge in [0, 0.05) is 17.5 Å². The van der Waals surface area contributed by atoms with E-state index in [2.05, 4.69) is 10.1 Å². The summed E-state index contributed by atoms with van der Waals surface area (Å²) in [5.74, 6) is -0.00306. The van der Waals surface area contributed by atoms with E-state index in [4.69, 9.17) is 4.42 Å². The van der Waals surface area contributed by atoms with Crippen LogP contribution in [0.15, 0.2) is 56.3 Å². The average molecular weight is 356 g/mol. The molecule has 0 fully saturated rings. The average Bonchev–Trinajstić information content (AvgIpc) is 3.21. The summed E-state index contributed by atoms with van der Waals surface area (Å²) in [7, 11) is 0. The molecule has 8 heteroatoms. The smallest absolute Gasteiger partial charge is 0.400 e. The fraction of sp³-hybridized carbons (Fsp3) is 0.176. The molecule has 128 valence electrons. The minimum Gasteiger partial charge on any atom is -0.400 e. The largest absolute Gasteiger partial charge is 0.433 e. The first kappa shape index (κ1) is 16.8. The van der Waals surface area contributed by atoms with E-state index < -0.39 is 4.92 Å². The van der Waals surface area contributed by atoms with Crippen molar-refractivity contribution in [2.75, 3.05) is 6.54 Å². The van der Waals surface area contributed by atoms with Gasteiger partial charge in [0.25, 0.3) is 0 Å². The van der Waals surface area contributed by atoms with Crippen LogP contribution >= 0.6 is 11.3 Å². The van der Waals surface area contributed by atoms with Crippen molar-refractivity contribution in [3.8, 4) is 11.3 Å². The Morgan fingerprint density at radius 3 is 2.68 bits per heavy atom. The highest BCUT2D eigenvalue weighted by atomic mass is 32.1. The van der Waals surface area contributed by atoms with Gasteiger partial charge in [-0.1, -0.05) is 29.8 Å². The number of nitro groups is 1. The highest BCUT2D eigenvalue weighted by Crippen LogP contribution is 2.21. The van der Waals surface area contributed by atoms with Crippen molar-refractivity contribution < 1.29 is 9.34 Å². The molecule has 3 rings (SSSR count). The first-order valence-electron chi connectivity index (χ1n) is 7.65. The van der Waals surface area contributed by atoms with Gasteiger partial charge in [0.15, 0.2) is 5.76 Å². The van der Waals surface area contributed by atoms with Crippen LogP contribution in [0, 0.1) is 17.0 Å². The summed E-state index contributed by atoms with van der Waals surface area (Å²) in [6.45, 7) is 4.62. The normalized spacial score (nSPS) is 12.2. The Kier molecular flexibility index (Phi) is 4.90. The van der Waals surface area contributed by atoms with Crippen molar-refractivity contribution in [2.24, 2.45) is 10.1 Å². The molecule has 2 heterocycles. The first-order chi connectivity index (χ1) is 12.1. The van der Waals surface area contributed by atoms with Crippen LogP contribution in [0.2, 0.25) is 0 Å². The standard InChI is InChI=1S/C17H16N4O3S/c1-3-18-17-20(19-10-14-8-9-16(24-14)21(22)23)15(11-25-17)13-6-4-12(2)5-7-13/h4-11H,3H2,1-2H3. The molecule has 0 saturated carbocycles. The third kappa shape index (κ3) is 3.74. The van der Waals surface area contributed by atoms with Gasteiger partial charge in [-0.2, -0.15) is 5.10 Å². The lowest BCUT2D eigenvalue weighted by molar-refractivity contribution is -0.402. The maximum Gasteiger partial charge on any atom is 0.433 e. The van der Waals surface area contributed by atoms with Crippen LogP contribution in [-0.4, -0.2) is 22.4 Å². The maximum atomic E-state index is 10.7. The quantitative estimate of drug-likeness (QED) is 0.395. The van der Waals surface area contributed by atoms with Gasteiger partial charge < -0.3 is 4.42 Å². The van der Waals surface area contributed by atoms with Crippen LogP contribution in [0.3, 0.4) is 0 Å². The predicted octanol–water partition coefficient (Wildman–Crippen LogP) is 3.83. The number of rotatable bonds is 5. The fourth-order valence-electron chi connectivity index (χ4n) is 2.20. The molecule has 1 aromatic carbocycles. The Balaban J connectivity index is 2.02. The highest BCUT2D eigenvalue weighted by molar-refractivity contribution is 7.07. The van der Waals surface area contributed by atoms with Gasteiger partial charge in [0.2, 0.25) is 4.80 Å². The summed E-state index contributed by atoms with van der Waals surface area (Å²) in [6, 6.07) is 10.9. The number of furan rings is 1. The van der Waals surface area contributed by atoms with Crippen molar-refractivity contribution >= 4 is 23.4 Å². The number of hydrogen-bond acceptors (Lipinski definition) is 6. The van der Waals surface area contributed by atoms with Gasteiger partial charge in [-0.25, -0.2) is 4.68 Å². The molecule has 0 unspecified atom stereocenters. The van der Waals surface area contributed by atoms with Crippen molar-refractivity contribution in [2.45, 2.75) is 13.8 Å². The summed E-state index contributed by atoms with van der Waals surface area (Å²) < 4.78 is 6.83. The number of aromatic nitrogens is 1. The third-order valence-corrected chi connectivity index (χ3v) is 4.27. The molecule has 25 heavy (non-hydrogen) atoms. The van der Waals surface area contributed by atoms with Gasteiger partial charge in [-0.15, -0.1) is 11.3 Å². The van der Waals surface area contributed by atoms with Crippen LogP contribution < -0.4 is 4.80 Å². The Labute approximate surface area is 147 Å².